The Morgan fingerprint density at radius 3 is 2.79 bits per heavy atom. The highest BCUT2D eigenvalue weighted by Gasteiger charge is 2.40. The number of esters is 2. The summed E-state index contributed by atoms with van der Waals surface area (Å²) in [5.74, 6) is -1.19. The SMILES string of the molecule is C=C/C=C(\C=C)B1OC[C@H](COC(=O)C2=CCCC3C(C(=O)OC)=COCC23)O1. The lowest BCUT2D eigenvalue weighted by atomic mass is 9.74. The van der Waals surface area contributed by atoms with Crippen LogP contribution in [0.15, 0.2) is 60.3 Å². The van der Waals surface area contributed by atoms with Gasteiger partial charge in [0, 0.05) is 17.4 Å². The van der Waals surface area contributed by atoms with Gasteiger partial charge in [0.05, 0.1) is 38.3 Å². The van der Waals surface area contributed by atoms with Crippen molar-refractivity contribution in [1.82, 2.24) is 0 Å². The van der Waals surface area contributed by atoms with Gasteiger partial charge in [-0.15, -0.1) is 0 Å². The smallest absolute Gasteiger partial charge is 0.494 e. The van der Waals surface area contributed by atoms with Gasteiger partial charge in [0.1, 0.15) is 6.61 Å². The average molecular weight is 400 g/mol. The van der Waals surface area contributed by atoms with Crippen LogP contribution in [0.2, 0.25) is 0 Å². The van der Waals surface area contributed by atoms with Crippen LogP contribution >= 0.6 is 0 Å². The molecule has 2 heterocycles. The van der Waals surface area contributed by atoms with E-state index in [0.717, 1.165) is 11.9 Å². The van der Waals surface area contributed by atoms with E-state index >= 15 is 0 Å². The zero-order valence-corrected chi connectivity index (χ0v) is 16.5. The molecular formula is C21H25BO7. The lowest BCUT2D eigenvalue weighted by Crippen LogP contribution is -2.36. The van der Waals surface area contributed by atoms with Gasteiger partial charge in [-0.05, 0) is 18.3 Å². The summed E-state index contributed by atoms with van der Waals surface area (Å²) in [6, 6.07) is 0. The van der Waals surface area contributed by atoms with E-state index in [1.54, 1.807) is 18.2 Å². The number of hydrogen-bond donors (Lipinski definition) is 0. The van der Waals surface area contributed by atoms with Crippen LogP contribution in [0.3, 0.4) is 0 Å². The van der Waals surface area contributed by atoms with Gasteiger partial charge in [-0.3, -0.25) is 0 Å². The third-order valence-corrected chi connectivity index (χ3v) is 5.24. The summed E-state index contributed by atoms with van der Waals surface area (Å²) in [5, 5.41) is 0. The Morgan fingerprint density at radius 1 is 1.24 bits per heavy atom. The number of allylic oxidation sites excluding steroid dienone is 5. The van der Waals surface area contributed by atoms with Crippen LogP contribution in [0, 0.1) is 11.8 Å². The van der Waals surface area contributed by atoms with Gasteiger partial charge < -0.3 is 23.5 Å². The third-order valence-electron chi connectivity index (χ3n) is 5.24. The summed E-state index contributed by atoms with van der Waals surface area (Å²) in [7, 11) is 0.784. The summed E-state index contributed by atoms with van der Waals surface area (Å²) in [6.07, 6.45) is 9.41. The molecule has 3 atom stereocenters. The molecule has 0 amide bonds. The molecule has 1 fully saturated rings. The number of hydrogen-bond acceptors (Lipinski definition) is 7. The number of carbonyl (C=O) groups excluding carboxylic acids is 2. The summed E-state index contributed by atoms with van der Waals surface area (Å²) >= 11 is 0. The second-order valence-electron chi connectivity index (χ2n) is 6.98. The number of ether oxygens (including phenoxy) is 3. The molecule has 1 saturated heterocycles. The van der Waals surface area contributed by atoms with Crippen LogP contribution in [0.1, 0.15) is 12.8 Å². The number of fused-ring (bicyclic) bond motifs is 1. The first-order valence-corrected chi connectivity index (χ1v) is 9.58. The van der Waals surface area contributed by atoms with Crippen molar-refractivity contribution in [1.29, 1.82) is 0 Å². The minimum absolute atomic E-state index is 0.0725. The second kappa shape index (κ2) is 9.76. The van der Waals surface area contributed by atoms with Gasteiger partial charge in [-0.2, -0.15) is 0 Å². The van der Waals surface area contributed by atoms with Crippen LogP contribution in [0.4, 0.5) is 0 Å². The van der Waals surface area contributed by atoms with E-state index in [1.165, 1.54) is 13.4 Å². The predicted octanol–water partition coefficient (Wildman–Crippen LogP) is 2.31. The van der Waals surface area contributed by atoms with E-state index in [0.29, 0.717) is 30.8 Å². The fourth-order valence-electron chi connectivity index (χ4n) is 3.79. The molecule has 0 bridgehead atoms. The average Bonchev–Trinajstić information content (AvgIpc) is 3.23. The number of methoxy groups -OCH3 is 1. The van der Waals surface area contributed by atoms with Crippen LogP contribution in [0.25, 0.3) is 0 Å². The highest BCUT2D eigenvalue weighted by Crippen LogP contribution is 2.39. The van der Waals surface area contributed by atoms with Crippen molar-refractivity contribution in [2.24, 2.45) is 11.8 Å². The topological polar surface area (TPSA) is 80.3 Å². The largest absolute Gasteiger partial charge is 0.500 e. The lowest BCUT2D eigenvalue weighted by Gasteiger charge is -2.34. The van der Waals surface area contributed by atoms with Crippen molar-refractivity contribution in [2.75, 3.05) is 26.9 Å². The highest BCUT2D eigenvalue weighted by atomic mass is 16.7. The van der Waals surface area contributed by atoms with E-state index in [9.17, 15) is 9.59 Å². The van der Waals surface area contributed by atoms with Crippen molar-refractivity contribution in [3.63, 3.8) is 0 Å². The molecule has 2 aliphatic heterocycles. The molecule has 2 unspecified atom stereocenters. The summed E-state index contributed by atoms with van der Waals surface area (Å²) in [5.41, 5.74) is 1.75. The first-order valence-electron chi connectivity index (χ1n) is 9.58. The molecule has 3 aliphatic rings. The minimum Gasteiger partial charge on any atom is -0.500 e. The molecular weight excluding hydrogens is 375 g/mol. The monoisotopic (exact) mass is 400 g/mol. The van der Waals surface area contributed by atoms with Crippen LogP contribution in [0.5, 0.6) is 0 Å². The Kier molecular flexibility index (Phi) is 7.11. The van der Waals surface area contributed by atoms with Gasteiger partial charge >= 0.3 is 19.1 Å². The van der Waals surface area contributed by atoms with E-state index in [-0.39, 0.29) is 24.5 Å². The molecule has 3 rings (SSSR count). The molecule has 154 valence electrons. The van der Waals surface area contributed by atoms with E-state index in [1.807, 2.05) is 6.08 Å². The maximum Gasteiger partial charge on any atom is 0.494 e. The highest BCUT2D eigenvalue weighted by molar-refractivity contribution is 6.55. The quantitative estimate of drug-likeness (QED) is 0.369. The standard InChI is InChI=1S/C21H25BO7/c1-4-7-14(5-2)22-28-11-15(29-22)10-27-21(24)17-9-6-8-16-18(17)12-26-13-19(16)20(23)25-3/h4-5,7,9,13,15-16,18H,1-2,6,8,10-12H2,3H3/b14-7+/t15-,16?,18?/m0/s1. The molecule has 7 nitrogen and oxygen atoms in total. The van der Waals surface area contributed by atoms with E-state index < -0.39 is 19.1 Å². The van der Waals surface area contributed by atoms with Crippen LogP contribution in [-0.4, -0.2) is 52.1 Å². The fourth-order valence-corrected chi connectivity index (χ4v) is 3.79. The Hall–Kier alpha value is -2.58. The number of carbonyl (C=O) groups is 2. The van der Waals surface area contributed by atoms with Crippen molar-refractivity contribution < 1.29 is 33.1 Å². The van der Waals surface area contributed by atoms with Gasteiger partial charge in [0.25, 0.3) is 0 Å². The molecule has 8 heteroatoms. The van der Waals surface area contributed by atoms with Gasteiger partial charge in [0.15, 0.2) is 0 Å². The minimum atomic E-state index is -0.549. The van der Waals surface area contributed by atoms with Crippen LogP contribution in [-0.2, 0) is 33.1 Å². The van der Waals surface area contributed by atoms with Crippen LogP contribution < -0.4 is 0 Å². The van der Waals surface area contributed by atoms with Crippen molar-refractivity contribution in [2.45, 2.75) is 18.9 Å². The Balaban J connectivity index is 1.58. The maximum atomic E-state index is 12.7. The van der Waals surface area contributed by atoms with Crippen molar-refractivity contribution in [3.05, 3.63) is 60.3 Å². The summed E-state index contributed by atoms with van der Waals surface area (Å²) < 4.78 is 27.1. The summed E-state index contributed by atoms with van der Waals surface area (Å²) in [4.78, 5) is 24.7. The molecule has 0 aromatic carbocycles. The zero-order chi connectivity index (χ0) is 20.8. The van der Waals surface area contributed by atoms with Gasteiger partial charge in [0.2, 0.25) is 0 Å². The van der Waals surface area contributed by atoms with Gasteiger partial charge in [-0.25, -0.2) is 9.59 Å². The molecule has 0 radical (unpaired) electrons. The Morgan fingerprint density at radius 2 is 2.07 bits per heavy atom. The van der Waals surface area contributed by atoms with Crippen molar-refractivity contribution >= 4 is 19.1 Å². The van der Waals surface area contributed by atoms with E-state index in [4.69, 9.17) is 23.5 Å². The van der Waals surface area contributed by atoms with Gasteiger partial charge in [-0.1, -0.05) is 37.5 Å². The second-order valence-corrected chi connectivity index (χ2v) is 6.98. The maximum absolute atomic E-state index is 12.7. The Bertz CT molecular complexity index is 767. The Labute approximate surface area is 170 Å². The molecule has 0 N–H and O–H groups in total. The predicted molar refractivity (Wildman–Crippen MR) is 106 cm³/mol. The van der Waals surface area contributed by atoms with E-state index in [2.05, 4.69) is 13.2 Å². The molecule has 0 spiro atoms. The molecule has 29 heavy (non-hydrogen) atoms. The molecule has 0 saturated carbocycles. The molecule has 1 aliphatic carbocycles. The third kappa shape index (κ3) is 4.71. The molecule has 0 aromatic heterocycles. The van der Waals surface area contributed by atoms with Crippen molar-refractivity contribution in [3.8, 4) is 0 Å². The lowest BCUT2D eigenvalue weighted by molar-refractivity contribution is -0.143. The molecule has 0 aromatic rings. The summed E-state index contributed by atoms with van der Waals surface area (Å²) in [6.45, 7) is 8.09. The number of rotatable bonds is 7. The normalized spacial score (nSPS) is 26.4. The fraction of sp³-hybridized carbons (Fsp3) is 0.429. The first-order chi connectivity index (χ1) is 14.1. The first kappa shape index (κ1) is 21.1. The zero-order valence-electron chi connectivity index (χ0n) is 16.5.